The molecule has 0 spiro atoms. The van der Waals surface area contributed by atoms with Gasteiger partial charge in [0.05, 0.1) is 6.42 Å². The van der Waals surface area contributed by atoms with Gasteiger partial charge in [-0.1, -0.05) is 6.92 Å². The molecule has 16 heavy (non-hydrogen) atoms. The molecule has 0 saturated heterocycles. The van der Waals surface area contributed by atoms with Crippen molar-refractivity contribution < 1.29 is 18.3 Å². The van der Waals surface area contributed by atoms with Crippen molar-refractivity contribution in [1.82, 2.24) is 8.61 Å². The summed E-state index contributed by atoms with van der Waals surface area (Å²) in [5, 5.41) is 8.54. The number of carbonyl (C=O) groups is 1. The molecular weight excluding hydrogens is 232 g/mol. The third-order valence-electron chi connectivity index (χ3n) is 2.35. The Kier molecular flexibility index (Phi) is 5.91. The second-order valence-electron chi connectivity index (χ2n) is 3.75. The van der Waals surface area contributed by atoms with Gasteiger partial charge in [-0.2, -0.15) is 17.0 Å². The summed E-state index contributed by atoms with van der Waals surface area (Å²) in [6.07, 6.45) is -0.182. The van der Waals surface area contributed by atoms with Gasteiger partial charge in [-0.3, -0.25) is 4.79 Å². The van der Waals surface area contributed by atoms with Crippen molar-refractivity contribution in [2.24, 2.45) is 0 Å². The SMILES string of the molecule is CCN(CCC(=O)O)S(=O)(=O)N(C)C(C)C. The molecule has 1 N–H and O–H groups in total. The van der Waals surface area contributed by atoms with Crippen LogP contribution in [0.5, 0.6) is 0 Å². The molecule has 0 heterocycles. The van der Waals surface area contributed by atoms with E-state index in [1.54, 1.807) is 20.8 Å². The van der Waals surface area contributed by atoms with Gasteiger partial charge >= 0.3 is 5.97 Å². The molecule has 0 aliphatic heterocycles. The van der Waals surface area contributed by atoms with Crippen LogP contribution in [0.4, 0.5) is 0 Å². The lowest BCUT2D eigenvalue weighted by Crippen LogP contribution is -2.45. The van der Waals surface area contributed by atoms with E-state index in [2.05, 4.69) is 0 Å². The van der Waals surface area contributed by atoms with E-state index >= 15 is 0 Å². The van der Waals surface area contributed by atoms with Gasteiger partial charge < -0.3 is 5.11 Å². The molecule has 0 rings (SSSR count). The van der Waals surface area contributed by atoms with E-state index in [1.807, 2.05) is 0 Å². The highest BCUT2D eigenvalue weighted by molar-refractivity contribution is 7.86. The second kappa shape index (κ2) is 6.17. The van der Waals surface area contributed by atoms with Crippen LogP contribution in [0, 0.1) is 0 Å². The van der Waals surface area contributed by atoms with Crippen LogP contribution in [0.2, 0.25) is 0 Å². The molecule has 0 atom stereocenters. The van der Waals surface area contributed by atoms with Crippen molar-refractivity contribution in [2.75, 3.05) is 20.1 Å². The van der Waals surface area contributed by atoms with Crippen LogP contribution < -0.4 is 0 Å². The van der Waals surface area contributed by atoms with E-state index < -0.39 is 16.2 Å². The van der Waals surface area contributed by atoms with Crippen molar-refractivity contribution in [3.8, 4) is 0 Å². The Morgan fingerprint density at radius 3 is 2.19 bits per heavy atom. The number of rotatable bonds is 7. The van der Waals surface area contributed by atoms with Gasteiger partial charge in [-0.15, -0.1) is 0 Å². The van der Waals surface area contributed by atoms with Gasteiger partial charge in [0.2, 0.25) is 0 Å². The normalized spacial score (nSPS) is 12.7. The minimum Gasteiger partial charge on any atom is -0.481 e. The maximum absolute atomic E-state index is 12.0. The molecule has 0 unspecified atom stereocenters. The van der Waals surface area contributed by atoms with Crippen LogP contribution in [-0.2, 0) is 15.0 Å². The maximum atomic E-state index is 12.0. The first-order valence-corrected chi connectivity index (χ1v) is 6.58. The fraction of sp³-hybridized carbons (Fsp3) is 0.889. The van der Waals surface area contributed by atoms with E-state index in [0.29, 0.717) is 0 Å². The Labute approximate surface area is 97.0 Å². The summed E-state index contributed by atoms with van der Waals surface area (Å²) in [4.78, 5) is 10.4. The molecule has 0 aliphatic rings. The highest BCUT2D eigenvalue weighted by atomic mass is 32.2. The molecule has 96 valence electrons. The summed E-state index contributed by atoms with van der Waals surface area (Å²) in [5.74, 6) is -0.999. The van der Waals surface area contributed by atoms with E-state index in [9.17, 15) is 13.2 Å². The fourth-order valence-corrected chi connectivity index (χ4v) is 2.65. The highest BCUT2D eigenvalue weighted by Crippen LogP contribution is 2.10. The van der Waals surface area contributed by atoms with Crippen LogP contribution in [0.15, 0.2) is 0 Å². The van der Waals surface area contributed by atoms with E-state index in [0.717, 1.165) is 0 Å². The van der Waals surface area contributed by atoms with E-state index in [-0.39, 0.29) is 25.6 Å². The van der Waals surface area contributed by atoms with E-state index in [1.165, 1.54) is 15.7 Å². The third-order valence-corrected chi connectivity index (χ3v) is 4.59. The minimum absolute atomic E-state index is 0.00519. The molecular formula is C9H20N2O4S. The van der Waals surface area contributed by atoms with Crippen molar-refractivity contribution in [3.63, 3.8) is 0 Å². The molecule has 0 radical (unpaired) electrons. The largest absolute Gasteiger partial charge is 0.481 e. The average molecular weight is 252 g/mol. The second-order valence-corrected chi connectivity index (χ2v) is 5.74. The molecule has 0 aliphatic carbocycles. The van der Waals surface area contributed by atoms with Gasteiger partial charge in [0.25, 0.3) is 10.2 Å². The van der Waals surface area contributed by atoms with E-state index in [4.69, 9.17) is 5.11 Å². The quantitative estimate of drug-likeness (QED) is 0.710. The Morgan fingerprint density at radius 1 is 1.38 bits per heavy atom. The third kappa shape index (κ3) is 4.07. The Hall–Kier alpha value is -0.660. The summed E-state index contributed by atoms with van der Waals surface area (Å²) in [6.45, 7) is 5.50. The molecule has 0 aromatic rings. The summed E-state index contributed by atoms with van der Waals surface area (Å²) in [5.41, 5.74) is 0. The summed E-state index contributed by atoms with van der Waals surface area (Å²) < 4.78 is 26.4. The first-order chi connectivity index (χ1) is 7.23. The predicted molar refractivity (Wildman–Crippen MR) is 61.3 cm³/mol. The number of carboxylic acids is 1. The summed E-state index contributed by atoms with van der Waals surface area (Å²) in [6, 6.07) is -0.149. The fourth-order valence-electron chi connectivity index (χ4n) is 1.11. The van der Waals surface area contributed by atoms with Crippen LogP contribution in [0.1, 0.15) is 27.2 Å². The number of hydrogen-bond donors (Lipinski definition) is 1. The first kappa shape index (κ1) is 15.3. The van der Waals surface area contributed by atoms with Crippen LogP contribution >= 0.6 is 0 Å². The van der Waals surface area contributed by atoms with Crippen molar-refractivity contribution in [3.05, 3.63) is 0 Å². The van der Waals surface area contributed by atoms with Gasteiger partial charge in [0.1, 0.15) is 0 Å². The lowest BCUT2D eigenvalue weighted by atomic mass is 10.4. The Balaban J connectivity index is 4.74. The average Bonchev–Trinajstić information content (AvgIpc) is 2.16. The smallest absolute Gasteiger partial charge is 0.304 e. The zero-order chi connectivity index (χ0) is 12.9. The number of aliphatic carboxylic acids is 1. The van der Waals surface area contributed by atoms with Crippen molar-refractivity contribution in [1.29, 1.82) is 0 Å². The summed E-state index contributed by atoms with van der Waals surface area (Å²) >= 11 is 0. The zero-order valence-corrected chi connectivity index (χ0v) is 11.0. The minimum atomic E-state index is -3.54. The van der Waals surface area contributed by atoms with Gasteiger partial charge in [-0.05, 0) is 13.8 Å². The standard InChI is InChI=1S/C9H20N2O4S/c1-5-11(7-6-9(12)13)16(14,15)10(4)8(2)3/h8H,5-7H2,1-4H3,(H,12,13). The molecule has 0 aromatic heterocycles. The number of carboxylic acid groups (broad SMARTS) is 1. The van der Waals surface area contributed by atoms with Gasteiger partial charge in [0, 0.05) is 26.2 Å². The Bertz CT molecular complexity index is 326. The van der Waals surface area contributed by atoms with Crippen molar-refractivity contribution >= 4 is 16.2 Å². The molecule has 0 amide bonds. The molecule has 0 fully saturated rings. The van der Waals surface area contributed by atoms with Crippen LogP contribution in [-0.4, -0.2) is 54.3 Å². The highest BCUT2D eigenvalue weighted by Gasteiger charge is 2.27. The summed E-state index contributed by atoms with van der Waals surface area (Å²) in [7, 11) is -2.05. The van der Waals surface area contributed by atoms with Crippen LogP contribution in [0.3, 0.4) is 0 Å². The van der Waals surface area contributed by atoms with Gasteiger partial charge in [0.15, 0.2) is 0 Å². The molecule has 0 saturated carbocycles. The molecule has 6 nitrogen and oxygen atoms in total. The molecule has 7 heteroatoms. The zero-order valence-electron chi connectivity index (χ0n) is 10.2. The van der Waals surface area contributed by atoms with Crippen molar-refractivity contribution in [2.45, 2.75) is 33.2 Å². The molecule has 0 aromatic carbocycles. The lowest BCUT2D eigenvalue weighted by molar-refractivity contribution is -0.137. The monoisotopic (exact) mass is 252 g/mol. The molecule has 0 bridgehead atoms. The predicted octanol–water partition coefficient (Wildman–Crippen LogP) is 0.368. The number of nitrogens with zero attached hydrogens (tertiary/aromatic N) is 2. The maximum Gasteiger partial charge on any atom is 0.304 e. The number of hydrogen-bond acceptors (Lipinski definition) is 3. The topological polar surface area (TPSA) is 77.9 Å². The van der Waals surface area contributed by atoms with Gasteiger partial charge in [-0.25, -0.2) is 0 Å². The lowest BCUT2D eigenvalue weighted by Gasteiger charge is -2.28. The van der Waals surface area contributed by atoms with Crippen LogP contribution in [0.25, 0.3) is 0 Å². The Morgan fingerprint density at radius 2 is 1.88 bits per heavy atom. The first-order valence-electron chi connectivity index (χ1n) is 5.18.